The van der Waals surface area contributed by atoms with Gasteiger partial charge < -0.3 is 9.47 Å². The summed E-state index contributed by atoms with van der Waals surface area (Å²) in [5, 5.41) is 0. The molecule has 0 saturated heterocycles. The quantitative estimate of drug-likeness (QED) is 0.220. The first kappa shape index (κ1) is 26.4. The highest BCUT2D eigenvalue weighted by Crippen LogP contribution is 2.50. The number of allylic oxidation sites excluding steroid dienone is 3. The van der Waals surface area contributed by atoms with Gasteiger partial charge in [0.15, 0.2) is 0 Å². The minimum absolute atomic E-state index is 0.362. The summed E-state index contributed by atoms with van der Waals surface area (Å²) in [4.78, 5) is 2.81. The molecule has 5 aliphatic rings. The molecule has 1 aliphatic heterocycles. The fraction of sp³-hybridized carbons (Fsp3) is 0.333. The number of benzene rings is 3. The van der Waals surface area contributed by atoms with Crippen LogP contribution in [0.2, 0.25) is 0 Å². The van der Waals surface area contributed by atoms with E-state index in [-0.39, 0.29) is 0 Å². The number of hydrogen-bond acceptors (Lipinski definition) is 1. The maximum absolute atomic E-state index is 2.81. The Morgan fingerprint density at radius 3 is 2.50 bits per heavy atom. The van der Waals surface area contributed by atoms with Crippen LogP contribution in [0.1, 0.15) is 96.8 Å². The fourth-order valence-corrected chi connectivity index (χ4v) is 9.22. The Bertz CT molecular complexity index is 1800. The van der Waals surface area contributed by atoms with Crippen molar-refractivity contribution in [3.63, 3.8) is 0 Å². The molecule has 2 nitrogen and oxygen atoms in total. The molecule has 0 radical (unpaired) electrons. The lowest BCUT2D eigenvalue weighted by molar-refractivity contribution is 0.475. The van der Waals surface area contributed by atoms with Crippen molar-refractivity contribution >= 4 is 11.8 Å². The molecule has 4 aromatic rings. The van der Waals surface area contributed by atoms with Crippen LogP contribution in [0.25, 0.3) is 22.9 Å². The summed E-state index contributed by atoms with van der Waals surface area (Å²) in [6.45, 7) is 0. The van der Waals surface area contributed by atoms with Gasteiger partial charge in [-0.25, -0.2) is 0 Å². The molecule has 44 heavy (non-hydrogen) atoms. The third-order valence-electron chi connectivity index (χ3n) is 11.2. The minimum atomic E-state index is 0.362. The van der Waals surface area contributed by atoms with E-state index in [1.165, 1.54) is 97.1 Å². The molecule has 0 bridgehead atoms. The Morgan fingerprint density at radius 2 is 1.59 bits per heavy atom. The van der Waals surface area contributed by atoms with Crippen molar-refractivity contribution in [2.45, 2.75) is 88.1 Å². The van der Waals surface area contributed by atoms with Gasteiger partial charge in [-0.2, -0.15) is 0 Å². The summed E-state index contributed by atoms with van der Waals surface area (Å²) in [7, 11) is 0. The maximum Gasteiger partial charge on any atom is 0.0476 e. The summed E-state index contributed by atoms with van der Waals surface area (Å²) in [6.07, 6.45) is 27.1. The molecule has 0 saturated carbocycles. The van der Waals surface area contributed by atoms with Crippen molar-refractivity contribution in [2.24, 2.45) is 0 Å². The first-order chi connectivity index (χ1) is 21.8. The van der Waals surface area contributed by atoms with E-state index in [1.807, 2.05) is 0 Å². The molecule has 2 heteroatoms. The molecule has 0 fully saturated rings. The van der Waals surface area contributed by atoms with Gasteiger partial charge in [-0.3, -0.25) is 0 Å². The van der Waals surface area contributed by atoms with Gasteiger partial charge in [-0.05, 0) is 116 Å². The standard InChI is InChI=1S/C42H42N2/c1-3-13-29(14-4-1)30-15-11-18-33(27-30)44-40-24-10-7-19-35(40)37-22-12-21-34(42(37)44)31-25-26-41-38(28-31)36-20-8-9-23-39(36)43(41)32-16-5-2-6-17-32/h1,3-5,8,11-16,18,20,22,25-28,32,34,36,39H,2,6-7,9-10,17,19,21,23-24H2. The predicted octanol–water partition coefficient (Wildman–Crippen LogP) is 10.3. The summed E-state index contributed by atoms with van der Waals surface area (Å²) >= 11 is 0. The molecular formula is C42H42N2. The molecule has 1 aromatic heterocycles. The molecule has 4 aliphatic carbocycles. The van der Waals surface area contributed by atoms with E-state index < -0.39 is 0 Å². The van der Waals surface area contributed by atoms with E-state index in [0.29, 0.717) is 23.9 Å². The number of rotatable bonds is 4. The first-order valence-corrected chi connectivity index (χ1v) is 17.2. The van der Waals surface area contributed by atoms with Crippen LogP contribution in [-0.4, -0.2) is 16.7 Å². The highest BCUT2D eigenvalue weighted by molar-refractivity contribution is 5.71. The zero-order valence-electron chi connectivity index (χ0n) is 25.7. The zero-order chi connectivity index (χ0) is 29.0. The average Bonchev–Trinajstić information content (AvgIpc) is 3.62. The molecule has 2 heterocycles. The number of hydrogen-bond donors (Lipinski definition) is 0. The van der Waals surface area contributed by atoms with Crippen LogP contribution in [0.4, 0.5) is 5.69 Å². The van der Waals surface area contributed by atoms with Gasteiger partial charge in [0.2, 0.25) is 0 Å². The summed E-state index contributed by atoms with van der Waals surface area (Å²) in [5.41, 5.74) is 14.6. The van der Waals surface area contributed by atoms with Gasteiger partial charge in [0.05, 0.1) is 0 Å². The smallest absolute Gasteiger partial charge is 0.0476 e. The Labute approximate surface area is 262 Å². The van der Waals surface area contributed by atoms with E-state index in [9.17, 15) is 0 Å². The summed E-state index contributed by atoms with van der Waals surface area (Å²) in [6, 6.07) is 28.9. The zero-order valence-corrected chi connectivity index (χ0v) is 25.7. The van der Waals surface area contributed by atoms with E-state index >= 15 is 0 Å². The SMILES string of the molecule is C1=CC(N2c3ccc(C4CC=Cc5c6c(n(-c7cccc(-c8ccccc8)c7)c54)CCCC6)cc3C3C=CCCC32)CCC1. The molecule has 4 unspecified atom stereocenters. The van der Waals surface area contributed by atoms with Gasteiger partial charge in [0.1, 0.15) is 0 Å². The molecule has 0 spiro atoms. The van der Waals surface area contributed by atoms with E-state index in [2.05, 4.69) is 119 Å². The van der Waals surface area contributed by atoms with Crippen LogP contribution < -0.4 is 4.90 Å². The molecule has 0 N–H and O–H groups in total. The molecule has 0 amide bonds. The van der Waals surface area contributed by atoms with Crippen molar-refractivity contribution in [2.75, 3.05) is 4.90 Å². The number of aromatic nitrogens is 1. The van der Waals surface area contributed by atoms with Crippen LogP contribution in [0.5, 0.6) is 0 Å². The van der Waals surface area contributed by atoms with E-state index in [1.54, 1.807) is 16.8 Å². The Morgan fingerprint density at radius 1 is 0.705 bits per heavy atom. The van der Waals surface area contributed by atoms with Crippen molar-refractivity contribution < 1.29 is 0 Å². The molecule has 3 aromatic carbocycles. The summed E-state index contributed by atoms with van der Waals surface area (Å²) in [5.74, 6) is 0.871. The highest BCUT2D eigenvalue weighted by atomic mass is 15.2. The molecular weight excluding hydrogens is 532 g/mol. The van der Waals surface area contributed by atoms with Gasteiger partial charge >= 0.3 is 0 Å². The largest absolute Gasteiger partial charge is 0.361 e. The first-order valence-electron chi connectivity index (χ1n) is 17.2. The molecule has 4 atom stereocenters. The third-order valence-corrected chi connectivity index (χ3v) is 11.2. The third kappa shape index (κ3) is 4.21. The Hall–Kier alpha value is -4.04. The second-order valence-corrected chi connectivity index (χ2v) is 13.6. The predicted molar refractivity (Wildman–Crippen MR) is 184 cm³/mol. The van der Waals surface area contributed by atoms with Crippen LogP contribution in [-0.2, 0) is 12.8 Å². The normalized spacial score (nSPS) is 25.0. The number of fused-ring (bicyclic) bond motifs is 6. The maximum atomic E-state index is 2.81. The van der Waals surface area contributed by atoms with Crippen molar-refractivity contribution in [3.05, 3.63) is 137 Å². The average molecular weight is 575 g/mol. The summed E-state index contributed by atoms with van der Waals surface area (Å²) < 4.78 is 2.69. The molecule has 9 rings (SSSR count). The van der Waals surface area contributed by atoms with Crippen molar-refractivity contribution in [1.29, 1.82) is 0 Å². The van der Waals surface area contributed by atoms with Crippen molar-refractivity contribution in [3.8, 4) is 16.8 Å². The van der Waals surface area contributed by atoms with Crippen LogP contribution in [0, 0.1) is 0 Å². The van der Waals surface area contributed by atoms with Crippen molar-refractivity contribution in [1.82, 2.24) is 4.57 Å². The van der Waals surface area contributed by atoms with E-state index in [0.717, 1.165) is 6.42 Å². The number of nitrogens with zero attached hydrogens (tertiary/aromatic N) is 2. The Kier molecular flexibility index (Phi) is 6.50. The van der Waals surface area contributed by atoms with Crippen LogP contribution in [0.3, 0.4) is 0 Å². The van der Waals surface area contributed by atoms with Gasteiger partial charge in [0.25, 0.3) is 0 Å². The van der Waals surface area contributed by atoms with Crippen LogP contribution in [0.15, 0.2) is 103 Å². The van der Waals surface area contributed by atoms with Crippen LogP contribution >= 0.6 is 0 Å². The van der Waals surface area contributed by atoms with Gasteiger partial charge in [0, 0.05) is 46.7 Å². The lowest BCUT2D eigenvalue weighted by Crippen LogP contribution is -2.42. The molecule has 220 valence electrons. The topological polar surface area (TPSA) is 8.17 Å². The second-order valence-electron chi connectivity index (χ2n) is 13.6. The highest BCUT2D eigenvalue weighted by Gasteiger charge is 2.41. The fourth-order valence-electron chi connectivity index (χ4n) is 9.22. The lowest BCUT2D eigenvalue weighted by Gasteiger charge is -2.37. The lowest BCUT2D eigenvalue weighted by atomic mass is 9.82. The minimum Gasteiger partial charge on any atom is -0.361 e. The van der Waals surface area contributed by atoms with E-state index in [4.69, 9.17) is 0 Å². The second kappa shape index (κ2) is 10.8. The number of anilines is 1. The van der Waals surface area contributed by atoms with Gasteiger partial charge in [-0.1, -0.05) is 91.1 Å². The Balaban J connectivity index is 1.18. The van der Waals surface area contributed by atoms with Gasteiger partial charge in [-0.15, -0.1) is 0 Å². The monoisotopic (exact) mass is 574 g/mol.